The first kappa shape index (κ1) is 45.0. The Morgan fingerprint density at radius 3 is 2.17 bits per heavy atom. The highest BCUT2D eigenvalue weighted by Crippen LogP contribution is 2.44. The van der Waals surface area contributed by atoms with Crippen molar-refractivity contribution in [3.8, 4) is 0 Å². The molecule has 13 unspecified atom stereocenters. The Balaban J connectivity index is 2.05. The average molecular weight is 746 g/mol. The van der Waals surface area contributed by atoms with Crippen LogP contribution in [0.1, 0.15) is 128 Å². The molecule has 0 aromatic carbocycles. The van der Waals surface area contributed by atoms with E-state index in [4.69, 9.17) is 18.9 Å². The number of rotatable bonds is 5. The van der Waals surface area contributed by atoms with Gasteiger partial charge in [-0.15, -0.1) is 0 Å². The van der Waals surface area contributed by atoms with Crippen LogP contribution in [-0.2, 0) is 38.1 Å². The van der Waals surface area contributed by atoms with Crippen molar-refractivity contribution in [2.24, 2.45) is 46.8 Å². The number of esters is 1. The number of allylic oxidation sites excluding steroid dienone is 3. The number of hydrogen-bond donors (Lipinski definition) is 2. The van der Waals surface area contributed by atoms with Crippen molar-refractivity contribution >= 4 is 23.4 Å². The molecule has 13 atom stereocenters. The Labute approximate surface area is 319 Å². The van der Waals surface area contributed by atoms with Gasteiger partial charge in [0.15, 0.2) is 0 Å². The van der Waals surface area contributed by atoms with Crippen LogP contribution in [0.3, 0.4) is 0 Å². The summed E-state index contributed by atoms with van der Waals surface area (Å²) in [5.74, 6) is -5.72. The Morgan fingerprint density at radius 2 is 1.58 bits per heavy atom. The van der Waals surface area contributed by atoms with Crippen LogP contribution in [0.2, 0.25) is 0 Å². The van der Waals surface area contributed by atoms with Gasteiger partial charge in [-0.25, -0.2) is 4.79 Å². The average Bonchev–Trinajstić information content (AvgIpc) is 3.09. The van der Waals surface area contributed by atoms with Crippen LogP contribution in [0.25, 0.3) is 0 Å². The van der Waals surface area contributed by atoms with Crippen LogP contribution < -0.4 is 5.32 Å². The molecule has 0 spiro atoms. The van der Waals surface area contributed by atoms with E-state index in [0.29, 0.717) is 31.1 Å². The second-order valence-electron chi connectivity index (χ2n) is 17.8. The lowest BCUT2D eigenvalue weighted by atomic mass is 9.65. The topological polar surface area (TPSA) is 137 Å². The minimum Gasteiger partial charge on any atom is -0.456 e. The second-order valence-corrected chi connectivity index (χ2v) is 17.8. The van der Waals surface area contributed by atoms with Crippen molar-refractivity contribution in [3.63, 3.8) is 0 Å². The van der Waals surface area contributed by atoms with Gasteiger partial charge in [0, 0.05) is 38.4 Å². The predicted octanol–water partition coefficient (Wildman–Crippen LogP) is 7.16. The molecule has 0 radical (unpaired) electrons. The number of amides is 1. The molecule has 2 N–H and O–H groups in total. The third kappa shape index (κ3) is 11.1. The number of methoxy groups -OCH3 is 2. The summed E-state index contributed by atoms with van der Waals surface area (Å²) in [5.41, 5.74) is 2.17. The maximum Gasteiger partial charge on any atom is 0.329 e. The Bertz CT molecular complexity index is 1350. The number of hydrogen-bond acceptors (Lipinski definition) is 9. The summed E-state index contributed by atoms with van der Waals surface area (Å²) < 4.78 is 24.1. The Hall–Kier alpha value is -2.40. The van der Waals surface area contributed by atoms with Gasteiger partial charge in [0.05, 0.1) is 12.2 Å². The summed E-state index contributed by atoms with van der Waals surface area (Å²) in [7, 11) is 3.09. The van der Waals surface area contributed by atoms with Crippen molar-refractivity contribution in [2.45, 2.75) is 164 Å². The highest BCUT2D eigenvalue weighted by atomic mass is 16.7. The molecular formula is C43H71NO9. The summed E-state index contributed by atoms with van der Waals surface area (Å²) in [6, 6.07) is -1.15. The van der Waals surface area contributed by atoms with Crippen molar-refractivity contribution in [1.82, 2.24) is 5.32 Å². The van der Waals surface area contributed by atoms with Gasteiger partial charge >= 0.3 is 5.97 Å². The van der Waals surface area contributed by atoms with E-state index in [9.17, 15) is 24.3 Å². The van der Waals surface area contributed by atoms with Crippen molar-refractivity contribution < 1.29 is 43.2 Å². The van der Waals surface area contributed by atoms with E-state index in [-0.39, 0.29) is 47.7 Å². The van der Waals surface area contributed by atoms with Crippen LogP contribution in [0.5, 0.6) is 0 Å². The van der Waals surface area contributed by atoms with Crippen molar-refractivity contribution in [1.29, 1.82) is 0 Å². The SMILES string of the molecule is CCC1NC(=O)C(=O)C2(O)OC(C(OC)CC(C)C/C(C)=C\C(C)C(=O)CC(C)C(C)C(/C(C)=C/C3CCC(C)C(C)(C)C3)OC1=O)C(OC)CC2C. The molecule has 1 amide bonds. The van der Waals surface area contributed by atoms with E-state index in [0.717, 1.165) is 30.4 Å². The molecule has 0 aromatic heterocycles. The molecule has 3 rings (SSSR count). The minimum atomic E-state index is -2.46. The van der Waals surface area contributed by atoms with E-state index in [2.05, 4.69) is 39.1 Å². The molecule has 53 heavy (non-hydrogen) atoms. The normalized spacial score (nSPS) is 41.4. The monoisotopic (exact) mass is 746 g/mol. The van der Waals surface area contributed by atoms with Crippen LogP contribution in [-0.4, -0.2) is 79.0 Å². The zero-order chi connectivity index (χ0) is 40.0. The first-order valence-electron chi connectivity index (χ1n) is 20.1. The van der Waals surface area contributed by atoms with Gasteiger partial charge in [-0.3, -0.25) is 14.4 Å². The van der Waals surface area contributed by atoms with Gasteiger partial charge in [0.1, 0.15) is 24.0 Å². The van der Waals surface area contributed by atoms with Crippen molar-refractivity contribution in [2.75, 3.05) is 14.2 Å². The third-order valence-electron chi connectivity index (χ3n) is 13.0. The molecule has 2 heterocycles. The van der Waals surface area contributed by atoms with Gasteiger partial charge in [-0.2, -0.15) is 0 Å². The van der Waals surface area contributed by atoms with E-state index < -0.39 is 59.8 Å². The number of carbonyl (C=O) groups is 4. The molecule has 10 heteroatoms. The molecule has 10 nitrogen and oxygen atoms in total. The van der Waals surface area contributed by atoms with E-state index in [1.54, 1.807) is 28.1 Å². The first-order valence-corrected chi connectivity index (χ1v) is 20.1. The maximum absolute atomic E-state index is 13.9. The molecule has 2 fully saturated rings. The van der Waals surface area contributed by atoms with Crippen LogP contribution >= 0.6 is 0 Å². The molecule has 1 saturated heterocycles. The molecule has 2 bridgehead atoms. The van der Waals surface area contributed by atoms with Gasteiger partial charge in [0.25, 0.3) is 11.7 Å². The van der Waals surface area contributed by atoms with Crippen molar-refractivity contribution in [3.05, 3.63) is 23.3 Å². The fraction of sp³-hybridized carbons (Fsp3) is 0.814. The Kier molecular flexibility index (Phi) is 16.1. The van der Waals surface area contributed by atoms with E-state index >= 15 is 0 Å². The lowest BCUT2D eigenvalue weighted by Gasteiger charge is -2.46. The van der Waals surface area contributed by atoms with Crippen LogP contribution in [0.15, 0.2) is 23.3 Å². The molecule has 302 valence electrons. The first-order chi connectivity index (χ1) is 24.7. The molecule has 1 aliphatic carbocycles. The summed E-state index contributed by atoms with van der Waals surface area (Å²) in [5, 5.41) is 14.4. The van der Waals surface area contributed by atoms with Crippen LogP contribution in [0, 0.1) is 46.8 Å². The number of carbonyl (C=O) groups excluding carboxylic acids is 4. The van der Waals surface area contributed by atoms with Crippen LogP contribution in [0.4, 0.5) is 0 Å². The number of ether oxygens (including phenoxy) is 4. The number of cyclic esters (lactones) is 1. The molecule has 0 aromatic rings. The quantitative estimate of drug-likeness (QED) is 0.171. The highest BCUT2D eigenvalue weighted by Gasteiger charge is 2.55. The third-order valence-corrected chi connectivity index (χ3v) is 13.0. The number of aliphatic hydroxyl groups is 1. The highest BCUT2D eigenvalue weighted by molar-refractivity contribution is 6.39. The maximum atomic E-state index is 13.9. The van der Waals surface area contributed by atoms with Gasteiger partial charge in [-0.05, 0) is 93.5 Å². The predicted molar refractivity (Wildman–Crippen MR) is 206 cm³/mol. The standard InChI is InChI=1S/C43H71NO9/c1-14-33-41(48)52-37(28(6)20-32-16-15-29(7)42(10,11)23-32)31(9)26(4)21-34(45)27(5)18-24(2)17-25(3)19-35(50-12)38-36(51-13)22-30(8)43(49,53-38)39(46)40(47)44-33/h18,20,25-27,29-33,35-38,49H,14-17,19,21-23H2,1-13H3,(H,44,47)/b24-18-,28-20+. The summed E-state index contributed by atoms with van der Waals surface area (Å²) in [6.45, 7) is 22.3. The minimum absolute atomic E-state index is 0.0982. The lowest BCUT2D eigenvalue weighted by molar-refractivity contribution is -0.302. The van der Waals surface area contributed by atoms with Gasteiger partial charge < -0.3 is 29.4 Å². The molecule has 1 saturated carbocycles. The lowest BCUT2D eigenvalue weighted by Crippen LogP contribution is -2.63. The zero-order valence-corrected chi connectivity index (χ0v) is 35.0. The van der Waals surface area contributed by atoms with Gasteiger partial charge in [0.2, 0.25) is 5.79 Å². The number of nitrogens with one attached hydrogen (secondary N) is 1. The Morgan fingerprint density at radius 1 is 0.962 bits per heavy atom. The molecular weight excluding hydrogens is 674 g/mol. The summed E-state index contributed by atoms with van der Waals surface area (Å²) >= 11 is 0. The smallest absolute Gasteiger partial charge is 0.329 e. The fourth-order valence-electron chi connectivity index (χ4n) is 8.81. The number of ketones is 2. The zero-order valence-electron chi connectivity index (χ0n) is 35.0. The van der Waals surface area contributed by atoms with Gasteiger partial charge in [-0.1, -0.05) is 80.0 Å². The number of Topliss-reactive ketones (excluding diaryl/α,β-unsaturated/α-hetero) is 2. The fourth-order valence-corrected chi connectivity index (χ4v) is 8.81. The number of fused-ring (bicyclic) bond motifs is 2. The molecule has 2 aliphatic heterocycles. The summed E-state index contributed by atoms with van der Waals surface area (Å²) in [6.07, 6.45) is 6.80. The largest absolute Gasteiger partial charge is 0.456 e. The molecule has 3 aliphatic rings. The van der Waals surface area contributed by atoms with E-state index in [1.165, 1.54) is 0 Å². The van der Waals surface area contributed by atoms with E-state index in [1.807, 2.05) is 40.7 Å². The second kappa shape index (κ2) is 19.0. The summed E-state index contributed by atoms with van der Waals surface area (Å²) in [4.78, 5) is 55.0.